The summed E-state index contributed by atoms with van der Waals surface area (Å²) in [4.78, 5) is 15.8. The highest BCUT2D eigenvalue weighted by Crippen LogP contribution is 2.08. The Bertz CT molecular complexity index is 138. The number of rotatable bonds is 3. The first-order chi connectivity index (χ1) is 6.26. The van der Waals surface area contributed by atoms with Gasteiger partial charge < -0.3 is 10.2 Å². The van der Waals surface area contributed by atoms with E-state index in [4.69, 9.17) is 15.1 Å². The van der Waals surface area contributed by atoms with Gasteiger partial charge in [-0.15, -0.1) is 0 Å². The van der Waals surface area contributed by atoms with E-state index in [0.717, 1.165) is 13.0 Å². The molecular weight excluding hydrogens is 174 g/mol. The smallest absolute Gasteiger partial charge is 0.246 e. The molecule has 0 aromatic heterocycles. The van der Waals surface area contributed by atoms with Crippen LogP contribution in [0.3, 0.4) is 0 Å². The van der Waals surface area contributed by atoms with Gasteiger partial charge in [-0.25, -0.2) is 5.06 Å². The van der Waals surface area contributed by atoms with E-state index >= 15 is 0 Å². The minimum Gasteiger partial charge on any atom is -0.394 e. The van der Waals surface area contributed by atoms with Crippen LogP contribution in [0.25, 0.3) is 0 Å². The molecule has 0 atom stereocenters. The number of hydrogen-bond donors (Lipinski definition) is 2. The molecule has 0 spiro atoms. The molecule has 1 amide bonds. The van der Waals surface area contributed by atoms with Crippen LogP contribution in [0.2, 0.25) is 0 Å². The quantitative estimate of drug-likeness (QED) is 0.633. The van der Waals surface area contributed by atoms with Crippen LogP contribution >= 0.6 is 0 Å². The first-order valence-corrected chi connectivity index (χ1v) is 4.41. The Morgan fingerprint density at radius 2 is 2.08 bits per heavy atom. The van der Waals surface area contributed by atoms with Crippen molar-refractivity contribution in [1.82, 2.24) is 5.06 Å². The summed E-state index contributed by atoms with van der Waals surface area (Å²) in [6.45, 7) is 2.99. The van der Waals surface area contributed by atoms with Crippen LogP contribution < -0.4 is 0 Å². The van der Waals surface area contributed by atoms with Crippen molar-refractivity contribution in [3.63, 3.8) is 0 Å². The zero-order valence-corrected chi connectivity index (χ0v) is 7.90. The van der Waals surface area contributed by atoms with Gasteiger partial charge >= 0.3 is 0 Å². The molecule has 5 nitrogen and oxygen atoms in total. The fraction of sp³-hybridized carbons (Fsp3) is 0.875. The van der Waals surface area contributed by atoms with Crippen molar-refractivity contribution in [2.75, 3.05) is 26.4 Å². The van der Waals surface area contributed by atoms with Gasteiger partial charge in [0.15, 0.2) is 0 Å². The summed E-state index contributed by atoms with van der Waals surface area (Å²) in [6.07, 6.45) is 1.60. The van der Waals surface area contributed by atoms with Gasteiger partial charge in [-0.2, -0.15) is 0 Å². The van der Waals surface area contributed by atoms with Crippen LogP contribution in [0.15, 0.2) is 0 Å². The summed E-state index contributed by atoms with van der Waals surface area (Å²) < 4.78 is 0. The van der Waals surface area contributed by atoms with Gasteiger partial charge in [0, 0.05) is 13.0 Å². The number of hydrogen-bond acceptors (Lipinski definition) is 4. The first-order valence-electron chi connectivity index (χ1n) is 4.41. The van der Waals surface area contributed by atoms with E-state index in [2.05, 4.69) is 0 Å². The number of carbonyl (C=O) groups excluding carboxylic acids is 1. The van der Waals surface area contributed by atoms with E-state index in [-0.39, 0.29) is 19.1 Å². The van der Waals surface area contributed by atoms with Gasteiger partial charge in [0.2, 0.25) is 5.91 Å². The molecular formula is C8H17NO4. The minimum absolute atomic E-state index is 0.122. The highest BCUT2D eigenvalue weighted by atomic mass is 16.7. The zero-order chi connectivity index (χ0) is 10.1. The van der Waals surface area contributed by atoms with Crippen LogP contribution in [0.4, 0.5) is 0 Å². The minimum atomic E-state index is -0.125. The third kappa shape index (κ3) is 5.57. The lowest BCUT2D eigenvalue weighted by atomic mass is 10.4. The lowest BCUT2D eigenvalue weighted by Crippen LogP contribution is -2.24. The predicted octanol–water partition coefficient (Wildman–Crippen LogP) is -0.469. The number of nitrogens with zero attached hydrogens (tertiary/aromatic N) is 1. The molecule has 0 aromatic carbocycles. The van der Waals surface area contributed by atoms with Crippen LogP contribution in [-0.4, -0.2) is 47.5 Å². The third-order valence-corrected chi connectivity index (χ3v) is 1.41. The topological polar surface area (TPSA) is 70.0 Å². The molecule has 0 aliphatic carbocycles. The fourth-order valence-corrected chi connectivity index (χ4v) is 0.916. The molecule has 1 fully saturated rings. The number of amides is 1. The van der Waals surface area contributed by atoms with Crippen molar-refractivity contribution in [2.24, 2.45) is 0 Å². The molecule has 0 saturated carbocycles. The fourth-order valence-electron chi connectivity index (χ4n) is 0.916. The Hall–Kier alpha value is -0.650. The Labute approximate surface area is 77.9 Å². The summed E-state index contributed by atoms with van der Waals surface area (Å²) in [5.74, 6) is 0.122. The highest BCUT2D eigenvalue weighted by Gasteiger charge is 2.19. The maximum atomic E-state index is 10.8. The van der Waals surface area contributed by atoms with Gasteiger partial charge in [-0.3, -0.25) is 9.63 Å². The highest BCUT2D eigenvalue weighted by molar-refractivity contribution is 5.76. The average molecular weight is 191 g/mol. The molecule has 1 heterocycles. The second-order valence-corrected chi connectivity index (χ2v) is 2.46. The van der Waals surface area contributed by atoms with Crippen LogP contribution in [0.1, 0.15) is 19.8 Å². The molecule has 1 saturated heterocycles. The molecule has 1 aliphatic heterocycles. The van der Waals surface area contributed by atoms with Gasteiger partial charge in [0.25, 0.3) is 0 Å². The maximum Gasteiger partial charge on any atom is 0.246 e. The van der Waals surface area contributed by atoms with Crippen molar-refractivity contribution >= 4 is 5.91 Å². The molecule has 13 heavy (non-hydrogen) atoms. The van der Waals surface area contributed by atoms with Gasteiger partial charge in [0.05, 0.1) is 19.8 Å². The number of carbonyl (C=O) groups is 1. The summed E-state index contributed by atoms with van der Waals surface area (Å²) in [6, 6.07) is 0. The van der Waals surface area contributed by atoms with E-state index in [0.29, 0.717) is 13.0 Å². The molecule has 1 rings (SSSR count). The Balaban J connectivity index is 0.000000310. The van der Waals surface area contributed by atoms with Crippen LogP contribution in [0, 0.1) is 0 Å². The lowest BCUT2D eigenvalue weighted by Gasteiger charge is -2.12. The van der Waals surface area contributed by atoms with E-state index in [1.165, 1.54) is 5.06 Å². The molecule has 2 N–H and O–H groups in total. The van der Waals surface area contributed by atoms with Crippen LogP contribution in [-0.2, 0) is 9.63 Å². The SMILES string of the molecule is CCON1CCCC1=O.OCCO. The van der Waals surface area contributed by atoms with Crippen molar-refractivity contribution < 1.29 is 19.8 Å². The Kier molecular flexibility index (Phi) is 7.57. The van der Waals surface area contributed by atoms with Crippen LogP contribution in [0.5, 0.6) is 0 Å². The maximum absolute atomic E-state index is 10.8. The normalized spacial score (nSPS) is 15.6. The third-order valence-electron chi connectivity index (χ3n) is 1.41. The molecule has 0 radical (unpaired) electrons. The Morgan fingerprint density at radius 1 is 1.46 bits per heavy atom. The standard InChI is InChI=1S/C6H11NO2.C2H6O2/c1-2-9-7-5-3-4-6(7)8;3-1-2-4/h2-5H2,1H3;3-4H,1-2H2. The number of hydroxylamine groups is 2. The number of aliphatic hydroxyl groups is 2. The summed E-state index contributed by atoms with van der Waals surface area (Å²) in [5, 5.41) is 16.7. The van der Waals surface area contributed by atoms with Crippen molar-refractivity contribution in [1.29, 1.82) is 0 Å². The molecule has 0 aromatic rings. The Morgan fingerprint density at radius 3 is 2.38 bits per heavy atom. The summed E-state index contributed by atoms with van der Waals surface area (Å²) >= 11 is 0. The van der Waals surface area contributed by atoms with E-state index in [1.807, 2.05) is 6.92 Å². The summed E-state index contributed by atoms with van der Waals surface area (Å²) in [5.41, 5.74) is 0. The van der Waals surface area contributed by atoms with Crippen molar-refractivity contribution in [3.8, 4) is 0 Å². The number of aliphatic hydroxyl groups excluding tert-OH is 2. The zero-order valence-electron chi connectivity index (χ0n) is 7.90. The van der Waals surface area contributed by atoms with Crippen molar-refractivity contribution in [2.45, 2.75) is 19.8 Å². The van der Waals surface area contributed by atoms with Crippen molar-refractivity contribution in [3.05, 3.63) is 0 Å². The molecule has 0 bridgehead atoms. The largest absolute Gasteiger partial charge is 0.394 e. The lowest BCUT2D eigenvalue weighted by molar-refractivity contribution is -0.175. The van der Waals surface area contributed by atoms with Gasteiger partial charge in [0.1, 0.15) is 0 Å². The monoisotopic (exact) mass is 191 g/mol. The molecule has 5 heteroatoms. The van der Waals surface area contributed by atoms with Gasteiger partial charge in [-0.1, -0.05) is 0 Å². The molecule has 78 valence electrons. The molecule has 1 aliphatic rings. The predicted molar refractivity (Wildman–Crippen MR) is 46.7 cm³/mol. The second-order valence-electron chi connectivity index (χ2n) is 2.46. The van der Waals surface area contributed by atoms with E-state index < -0.39 is 0 Å². The average Bonchev–Trinajstić information content (AvgIpc) is 2.53. The summed E-state index contributed by atoms with van der Waals surface area (Å²) in [7, 11) is 0. The second kappa shape index (κ2) is 7.97. The first kappa shape index (κ1) is 12.3. The van der Waals surface area contributed by atoms with E-state index in [9.17, 15) is 4.79 Å². The van der Waals surface area contributed by atoms with E-state index in [1.54, 1.807) is 0 Å². The van der Waals surface area contributed by atoms with Gasteiger partial charge in [-0.05, 0) is 13.3 Å². The molecule has 0 unspecified atom stereocenters.